The van der Waals surface area contributed by atoms with Gasteiger partial charge in [0.1, 0.15) is 0 Å². The average molecular weight is 293 g/mol. The molecule has 21 heavy (non-hydrogen) atoms. The first-order chi connectivity index (χ1) is 9.95. The standard InChI is InChI=1S/C18H35N3/c1-15-12-17(2,3)6-7-18(15,14-19)21-10-8-20(9-11-21)13-16-4-5-16/h15-16H,4-14,19H2,1-3H3. The Hall–Kier alpha value is -0.120. The molecule has 122 valence electrons. The van der Waals surface area contributed by atoms with Crippen molar-refractivity contribution >= 4 is 0 Å². The first-order valence-corrected chi connectivity index (χ1v) is 9.13. The second-order valence-electron chi connectivity index (χ2n) is 8.81. The molecule has 0 amide bonds. The topological polar surface area (TPSA) is 32.5 Å². The summed E-state index contributed by atoms with van der Waals surface area (Å²) in [5.74, 6) is 1.75. The van der Waals surface area contributed by atoms with Gasteiger partial charge >= 0.3 is 0 Å². The molecule has 1 saturated heterocycles. The van der Waals surface area contributed by atoms with Gasteiger partial charge in [0.05, 0.1) is 0 Å². The summed E-state index contributed by atoms with van der Waals surface area (Å²) in [5.41, 5.74) is 7.10. The molecule has 1 aliphatic heterocycles. The summed E-state index contributed by atoms with van der Waals surface area (Å²) < 4.78 is 0. The molecule has 2 atom stereocenters. The zero-order chi connectivity index (χ0) is 15.1. The van der Waals surface area contributed by atoms with Gasteiger partial charge in [-0.05, 0) is 49.4 Å². The Morgan fingerprint density at radius 1 is 1.05 bits per heavy atom. The maximum absolute atomic E-state index is 6.32. The van der Waals surface area contributed by atoms with Crippen LogP contribution < -0.4 is 5.73 Å². The fraction of sp³-hybridized carbons (Fsp3) is 1.00. The van der Waals surface area contributed by atoms with Crippen molar-refractivity contribution in [2.45, 2.75) is 58.4 Å². The minimum Gasteiger partial charge on any atom is -0.329 e. The van der Waals surface area contributed by atoms with Gasteiger partial charge in [-0.3, -0.25) is 4.90 Å². The predicted molar refractivity (Wildman–Crippen MR) is 89.3 cm³/mol. The molecule has 0 bridgehead atoms. The van der Waals surface area contributed by atoms with Crippen molar-refractivity contribution in [2.75, 3.05) is 39.3 Å². The molecule has 1 heterocycles. The van der Waals surface area contributed by atoms with Gasteiger partial charge in [-0.1, -0.05) is 20.8 Å². The van der Waals surface area contributed by atoms with E-state index in [9.17, 15) is 0 Å². The molecule has 0 aromatic carbocycles. The van der Waals surface area contributed by atoms with E-state index in [-0.39, 0.29) is 5.54 Å². The van der Waals surface area contributed by atoms with E-state index in [0.717, 1.165) is 18.4 Å². The maximum atomic E-state index is 6.32. The third-order valence-electron chi connectivity index (χ3n) is 6.58. The first-order valence-electron chi connectivity index (χ1n) is 9.13. The molecule has 3 heteroatoms. The van der Waals surface area contributed by atoms with Crippen molar-refractivity contribution in [3.8, 4) is 0 Å². The van der Waals surface area contributed by atoms with Crippen LogP contribution in [0.1, 0.15) is 52.9 Å². The second-order valence-corrected chi connectivity index (χ2v) is 8.81. The zero-order valence-electron chi connectivity index (χ0n) is 14.4. The van der Waals surface area contributed by atoms with Crippen LogP contribution in [0, 0.1) is 17.3 Å². The molecular formula is C18H35N3. The van der Waals surface area contributed by atoms with Gasteiger partial charge in [0.25, 0.3) is 0 Å². The Balaban J connectivity index is 1.61. The van der Waals surface area contributed by atoms with E-state index >= 15 is 0 Å². The Bertz CT molecular complexity index is 355. The molecule has 2 N–H and O–H groups in total. The summed E-state index contributed by atoms with van der Waals surface area (Å²) in [5, 5.41) is 0. The summed E-state index contributed by atoms with van der Waals surface area (Å²) in [7, 11) is 0. The minimum absolute atomic E-state index is 0.279. The Morgan fingerprint density at radius 2 is 1.71 bits per heavy atom. The van der Waals surface area contributed by atoms with Crippen molar-refractivity contribution in [3.63, 3.8) is 0 Å². The molecule has 0 aromatic heterocycles. The summed E-state index contributed by atoms with van der Waals surface area (Å²) in [4.78, 5) is 5.45. The highest BCUT2D eigenvalue weighted by Crippen LogP contribution is 2.46. The van der Waals surface area contributed by atoms with E-state index in [1.165, 1.54) is 64.8 Å². The molecule has 0 aromatic rings. The van der Waals surface area contributed by atoms with Crippen LogP contribution in [0.2, 0.25) is 0 Å². The van der Waals surface area contributed by atoms with E-state index < -0.39 is 0 Å². The Morgan fingerprint density at radius 3 is 2.24 bits per heavy atom. The van der Waals surface area contributed by atoms with Crippen LogP contribution in [0.4, 0.5) is 0 Å². The van der Waals surface area contributed by atoms with Crippen LogP contribution in [-0.2, 0) is 0 Å². The quantitative estimate of drug-likeness (QED) is 0.864. The minimum atomic E-state index is 0.279. The molecule has 2 aliphatic carbocycles. The molecule has 0 radical (unpaired) electrons. The lowest BCUT2D eigenvalue weighted by Gasteiger charge is -2.55. The summed E-state index contributed by atoms with van der Waals surface area (Å²) in [6.07, 6.45) is 6.89. The smallest absolute Gasteiger partial charge is 0.0358 e. The fourth-order valence-electron chi connectivity index (χ4n) is 4.87. The van der Waals surface area contributed by atoms with Gasteiger partial charge in [-0.15, -0.1) is 0 Å². The van der Waals surface area contributed by atoms with Crippen LogP contribution >= 0.6 is 0 Å². The van der Waals surface area contributed by atoms with Crippen molar-refractivity contribution < 1.29 is 0 Å². The molecular weight excluding hydrogens is 258 g/mol. The van der Waals surface area contributed by atoms with E-state index in [1.54, 1.807) is 0 Å². The monoisotopic (exact) mass is 293 g/mol. The number of piperazine rings is 1. The molecule has 3 aliphatic rings. The SMILES string of the molecule is CC1CC(C)(C)CCC1(CN)N1CCN(CC2CC2)CC1. The van der Waals surface area contributed by atoms with Crippen molar-refractivity contribution in [3.05, 3.63) is 0 Å². The van der Waals surface area contributed by atoms with Gasteiger partial charge in [0.15, 0.2) is 0 Å². The van der Waals surface area contributed by atoms with Gasteiger partial charge in [-0.2, -0.15) is 0 Å². The maximum Gasteiger partial charge on any atom is 0.0358 e. The molecule has 2 unspecified atom stereocenters. The van der Waals surface area contributed by atoms with Crippen LogP contribution in [0.5, 0.6) is 0 Å². The van der Waals surface area contributed by atoms with Crippen molar-refractivity contribution in [1.29, 1.82) is 0 Å². The van der Waals surface area contributed by atoms with E-state index in [0.29, 0.717) is 5.41 Å². The Labute approximate surface area is 131 Å². The third kappa shape index (κ3) is 3.30. The summed E-state index contributed by atoms with van der Waals surface area (Å²) in [6.45, 7) is 14.5. The lowest BCUT2D eigenvalue weighted by atomic mass is 9.63. The predicted octanol–water partition coefficient (Wildman–Crippen LogP) is 2.56. The van der Waals surface area contributed by atoms with Gasteiger partial charge in [0, 0.05) is 44.8 Å². The van der Waals surface area contributed by atoms with Gasteiger partial charge < -0.3 is 10.6 Å². The lowest BCUT2D eigenvalue weighted by molar-refractivity contribution is -0.0454. The van der Waals surface area contributed by atoms with Crippen molar-refractivity contribution in [2.24, 2.45) is 23.0 Å². The van der Waals surface area contributed by atoms with Crippen LogP contribution in [0.3, 0.4) is 0 Å². The van der Waals surface area contributed by atoms with E-state index in [2.05, 4.69) is 30.6 Å². The van der Waals surface area contributed by atoms with E-state index in [1.807, 2.05) is 0 Å². The highest BCUT2D eigenvalue weighted by Gasteiger charge is 2.47. The largest absolute Gasteiger partial charge is 0.329 e. The summed E-state index contributed by atoms with van der Waals surface area (Å²) in [6, 6.07) is 0. The first kappa shape index (κ1) is 15.8. The highest BCUT2D eigenvalue weighted by molar-refractivity contribution is 5.03. The highest BCUT2D eigenvalue weighted by atomic mass is 15.3. The van der Waals surface area contributed by atoms with Crippen LogP contribution in [0.15, 0.2) is 0 Å². The van der Waals surface area contributed by atoms with Gasteiger partial charge in [-0.25, -0.2) is 0 Å². The molecule has 3 nitrogen and oxygen atoms in total. The lowest BCUT2D eigenvalue weighted by Crippen LogP contribution is -2.65. The van der Waals surface area contributed by atoms with Gasteiger partial charge in [0.2, 0.25) is 0 Å². The molecule has 3 rings (SSSR count). The normalized spacial score (nSPS) is 38.6. The number of nitrogens with two attached hydrogens (primary N) is 1. The Kier molecular flexibility index (Phi) is 4.37. The molecule has 0 spiro atoms. The summed E-state index contributed by atoms with van der Waals surface area (Å²) >= 11 is 0. The zero-order valence-corrected chi connectivity index (χ0v) is 14.4. The number of hydrogen-bond acceptors (Lipinski definition) is 3. The molecule has 3 fully saturated rings. The third-order valence-corrected chi connectivity index (χ3v) is 6.58. The van der Waals surface area contributed by atoms with E-state index in [4.69, 9.17) is 5.73 Å². The molecule has 2 saturated carbocycles. The van der Waals surface area contributed by atoms with Crippen LogP contribution in [-0.4, -0.2) is 54.6 Å². The number of hydrogen-bond donors (Lipinski definition) is 1. The second kappa shape index (κ2) is 5.82. The van der Waals surface area contributed by atoms with Crippen molar-refractivity contribution in [1.82, 2.24) is 9.80 Å². The fourth-order valence-corrected chi connectivity index (χ4v) is 4.87. The average Bonchev–Trinajstić information content (AvgIpc) is 3.24. The number of nitrogens with zero attached hydrogens (tertiary/aromatic N) is 2. The number of rotatable bonds is 4. The van der Waals surface area contributed by atoms with Crippen LogP contribution in [0.25, 0.3) is 0 Å².